The second kappa shape index (κ2) is 6.26. The van der Waals surface area contributed by atoms with Crippen molar-refractivity contribution in [3.8, 4) is 0 Å². The molecule has 3 aromatic rings. The van der Waals surface area contributed by atoms with Gasteiger partial charge in [-0.15, -0.1) is 11.3 Å². The van der Waals surface area contributed by atoms with Crippen LogP contribution < -0.4 is 4.90 Å². The maximum Gasteiger partial charge on any atom is 0.0801 e. The second-order valence-electron chi connectivity index (χ2n) is 5.36. The molecule has 0 unspecified atom stereocenters. The van der Waals surface area contributed by atoms with E-state index in [0.29, 0.717) is 0 Å². The lowest BCUT2D eigenvalue weighted by Gasteiger charge is -2.17. The van der Waals surface area contributed by atoms with E-state index in [0.717, 1.165) is 6.54 Å². The van der Waals surface area contributed by atoms with Crippen LogP contribution >= 0.6 is 23.1 Å². The van der Waals surface area contributed by atoms with Gasteiger partial charge in [0.1, 0.15) is 0 Å². The molecule has 0 spiro atoms. The highest BCUT2D eigenvalue weighted by molar-refractivity contribution is 8.03. The summed E-state index contributed by atoms with van der Waals surface area (Å²) in [5, 5.41) is 2.62. The van der Waals surface area contributed by atoms with Crippen LogP contribution in [-0.4, -0.2) is 6.54 Å². The molecule has 1 nitrogen and oxygen atoms in total. The number of para-hydroxylation sites is 1. The summed E-state index contributed by atoms with van der Waals surface area (Å²) in [7, 11) is 0. The van der Waals surface area contributed by atoms with Gasteiger partial charge in [-0.2, -0.15) is 0 Å². The third-order valence-electron chi connectivity index (χ3n) is 3.90. The summed E-state index contributed by atoms with van der Waals surface area (Å²) in [6, 6.07) is 19.4. The minimum absolute atomic E-state index is 0.993. The van der Waals surface area contributed by atoms with E-state index in [9.17, 15) is 0 Å². The zero-order valence-corrected chi connectivity index (χ0v) is 14.5. The van der Waals surface area contributed by atoms with Crippen LogP contribution in [0.1, 0.15) is 11.8 Å². The summed E-state index contributed by atoms with van der Waals surface area (Å²) >= 11 is 3.69. The molecule has 0 atom stereocenters. The van der Waals surface area contributed by atoms with Gasteiger partial charge in [-0.1, -0.05) is 48.2 Å². The molecule has 0 saturated heterocycles. The number of thiophene rings is 1. The lowest BCUT2D eigenvalue weighted by Crippen LogP contribution is -2.16. The smallest absolute Gasteiger partial charge is 0.0801 e. The maximum absolute atomic E-state index is 2.37. The molecular weight excluding hydrogens is 318 g/mol. The lowest BCUT2D eigenvalue weighted by atomic mass is 10.2. The summed E-state index contributed by atoms with van der Waals surface area (Å²) < 4.78 is 1.35. The zero-order chi connectivity index (χ0) is 15.6. The predicted octanol–water partition coefficient (Wildman–Crippen LogP) is 6.39. The van der Waals surface area contributed by atoms with Gasteiger partial charge < -0.3 is 4.90 Å². The standard InChI is InChI=1S/C20H17NS2/c1-2-21-17-10-4-6-12-19(17)23-20(21)13-7-9-16-14-15-8-3-5-11-18(15)22-16/h3-14H,2H2,1H3/b9-7+,20-13+. The summed E-state index contributed by atoms with van der Waals surface area (Å²) in [5.41, 5.74) is 1.32. The molecule has 4 rings (SSSR count). The number of nitrogens with zero attached hydrogens (tertiary/aromatic N) is 1. The van der Waals surface area contributed by atoms with Crippen LogP contribution in [0.4, 0.5) is 5.69 Å². The number of hydrogen-bond acceptors (Lipinski definition) is 3. The van der Waals surface area contributed by atoms with Crippen LogP contribution in [0.25, 0.3) is 16.2 Å². The Morgan fingerprint density at radius 2 is 1.87 bits per heavy atom. The first-order valence-corrected chi connectivity index (χ1v) is 9.40. The van der Waals surface area contributed by atoms with E-state index in [1.54, 1.807) is 0 Å². The molecule has 1 aliphatic rings. The van der Waals surface area contributed by atoms with Crippen LogP contribution in [0.2, 0.25) is 0 Å². The van der Waals surface area contributed by atoms with Gasteiger partial charge in [-0.05, 0) is 48.7 Å². The zero-order valence-electron chi connectivity index (χ0n) is 12.9. The van der Waals surface area contributed by atoms with Gasteiger partial charge in [0.2, 0.25) is 0 Å². The topological polar surface area (TPSA) is 3.24 Å². The van der Waals surface area contributed by atoms with Crippen molar-refractivity contribution in [1.29, 1.82) is 0 Å². The van der Waals surface area contributed by atoms with Crippen molar-refractivity contribution in [2.45, 2.75) is 11.8 Å². The number of thioether (sulfide) groups is 1. The van der Waals surface area contributed by atoms with Crippen LogP contribution in [0.3, 0.4) is 0 Å². The Balaban J connectivity index is 1.59. The molecule has 1 aliphatic heterocycles. The Morgan fingerprint density at radius 3 is 2.74 bits per heavy atom. The molecule has 0 aliphatic carbocycles. The third-order valence-corrected chi connectivity index (χ3v) is 6.11. The molecule has 1 aromatic heterocycles. The second-order valence-corrected chi connectivity index (χ2v) is 7.54. The summed E-state index contributed by atoms with van der Waals surface area (Å²) in [6.45, 7) is 3.19. The Morgan fingerprint density at radius 1 is 1.04 bits per heavy atom. The highest BCUT2D eigenvalue weighted by atomic mass is 32.2. The van der Waals surface area contributed by atoms with Crippen molar-refractivity contribution >= 4 is 44.9 Å². The first kappa shape index (κ1) is 14.6. The van der Waals surface area contributed by atoms with Gasteiger partial charge in [0.05, 0.1) is 10.7 Å². The minimum Gasteiger partial charge on any atom is -0.335 e. The molecule has 0 bridgehead atoms. The first-order valence-electron chi connectivity index (χ1n) is 7.76. The molecule has 0 radical (unpaired) electrons. The minimum atomic E-state index is 0.993. The molecule has 0 saturated carbocycles. The molecule has 2 aromatic carbocycles. The molecule has 23 heavy (non-hydrogen) atoms. The highest BCUT2D eigenvalue weighted by Gasteiger charge is 2.22. The molecule has 3 heteroatoms. The van der Waals surface area contributed by atoms with Gasteiger partial charge in [0, 0.05) is 21.0 Å². The number of rotatable bonds is 3. The third kappa shape index (κ3) is 2.82. The molecule has 0 N–H and O–H groups in total. The largest absolute Gasteiger partial charge is 0.335 e. The van der Waals surface area contributed by atoms with Gasteiger partial charge in [0.25, 0.3) is 0 Å². The summed E-state index contributed by atoms with van der Waals surface area (Å²) in [5.74, 6) is 0. The summed E-state index contributed by atoms with van der Waals surface area (Å²) in [6.07, 6.45) is 6.59. The quantitative estimate of drug-likeness (QED) is 0.545. The maximum atomic E-state index is 2.37. The molecule has 0 amide bonds. The van der Waals surface area contributed by atoms with Gasteiger partial charge in [-0.25, -0.2) is 0 Å². The van der Waals surface area contributed by atoms with E-state index in [-0.39, 0.29) is 0 Å². The fourth-order valence-electron chi connectivity index (χ4n) is 2.81. The van der Waals surface area contributed by atoms with Crippen molar-refractivity contribution < 1.29 is 0 Å². The van der Waals surface area contributed by atoms with Gasteiger partial charge in [0.15, 0.2) is 0 Å². The average molecular weight is 335 g/mol. The van der Waals surface area contributed by atoms with Crippen LogP contribution in [0.15, 0.2) is 76.7 Å². The van der Waals surface area contributed by atoms with Crippen molar-refractivity contribution in [2.75, 3.05) is 11.4 Å². The normalized spacial score (nSPS) is 15.9. The fourth-order valence-corrected chi connectivity index (χ4v) is 4.93. The molecule has 0 fully saturated rings. The van der Waals surface area contributed by atoms with Crippen molar-refractivity contribution in [3.05, 3.63) is 76.7 Å². The van der Waals surface area contributed by atoms with E-state index in [1.165, 1.54) is 30.6 Å². The summed E-state index contributed by atoms with van der Waals surface area (Å²) in [4.78, 5) is 5.01. The van der Waals surface area contributed by atoms with Crippen LogP contribution in [-0.2, 0) is 0 Å². The van der Waals surface area contributed by atoms with E-state index in [4.69, 9.17) is 0 Å². The van der Waals surface area contributed by atoms with E-state index in [1.807, 2.05) is 23.1 Å². The van der Waals surface area contributed by atoms with Crippen molar-refractivity contribution in [3.63, 3.8) is 0 Å². The number of fused-ring (bicyclic) bond motifs is 2. The SMILES string of the molecule is CCN1/C(=C\C=C\c2cc3ccccc3s2)Sc2ccccc21. The van der Waals surface area contributed by atoms with Crippen LogP contribution in [0, 0.1) is 0 Å². The number of hydrogen-bond donors (Lipinski definition) is 0. The lowest BCUT2D eigenvalue weighted by molar-refractivity contribution is 1.00. The Labute approximate surface area is 144 Å². The number of allylic oxidation sites excluding steroid dienone is 2. The van der Waals surface area contributed by atoms with E-state index < -0.39 is 0 Å². The molecule has 114 valence electrons. The van der Waals surface area contributed by atoms with Gasteiger partial charge in [-0.3, -0.25) is 0 Å². The highest BCUT2D eigenvalue weighted by Crippen LogP contribution is 2.45. The number of benzene rings is 2. The average Bonchev–Trinajstić information content (AvgIpc) is 3.14. The Kier molecular flexibility index (Phi) is 3.98. The van der Waals surface area contributed by atoms with Crippen LogP contribution in [0.5, 0.6) is 0 Å². The monoisotopic (exact) mass is 335 g/mol. The van der Waals surface area contributed by atoms with Crippen molar-refractivity contribution in [1.82, 2.24) is 0 Å². The fraction of sp³-hybridized carbons (Fsp3) is 0.100. The predicted molar refractivity (Wildman–Crippen MR) is 104 cm³/mol. The van der Waals surface area contributed by atoms with Gasteiger partial charge >= 0.3 is 0 Å². The van der Waals surface area contributed by atoms with Crippen molar-refractivity contribution in [2.24, 2.45) is 0 Å². The van der Waals surface area contributed by atoms with E-state index >= 15 is 0 Å². The first-order chi connectivity index (χ1) is 11.3. The molecular formula is C20H17NS2. The Bertz CT molecular complexity index is 872. The van der Waals surface area contributed by atoms with E-state index in [2.05, 4.69) is 84.6 Å². The molecule has 2 heterocycles. The number of anilines is 1. The Hall–Kier alpha value is -1.97.